The van der Waals surface area contributed by atoms with Crippen molar-refractivity contribution in [3.8, 4) is 0 Å². The molecule has 0 radical (unpaired) electrons. The number of imidazole rings is 2. The summed E-state index contributed by atoms with van der Waals surface area (Å²) in [4.78, 5) is 59.0. The second kappa shape index (κ2) is 11.1. The molecule has 0 saturated carbocycles. The highest BCUT2D eigenvalue weighted by Crippen LogP contribution is 2.46. The van der Waals surface area contributed by atoms with Gasteiger partial charge in [0.1, 0.15) is 36.3 Å². The molecular formula is C20H25N12O10P2S-. The Morgan fingerprint density at radius 1 is 0.933 bits per heavy atom. The number of ether oxygens (including phenoxy) is 2. The fourth-order valence-electron chi connectivity index (χ4n) is 5.53. The Hall–Kier alpha value is -3.02. The smallest absolute Gasteiger partial charge is 0.280 e. The number of nitrogens with zero attached hydrogens (tertiary/aromatic N) is 7. The van der Waals surface area contributed by atoms with Crippen LogP contribution in [0.1, 0.15) is 12.5 Å². The minimum Gasteiger partial charge on any atom is -0.766 e. The Bertz CT molecular complexity index is 1940. The maximum Gasteiger partial charge on any atom is 0.280 e. The van der Waals surface area contributed by atoms with E-state index in [9.17, 15) is 29.4 Å². The first-order chi connectivity index (χ1) is 21.3. The highest BCUT2D eigenvalue weighted by atomic mass is 32.5. The quantitative estimate of drug-likeness (QED) is 0.0939. The second-order valence-corrected chi connectivity index (χ2v) is 14.9. The van der Waals surface area contributed by atoms with E-state index >= 15 is 0 Å². The number of aliphatic hydroxyl groups is 2. The SMILES string of the molecule is Nc1nc2c(ncn2[C@@H]2O[C@@H]3COP(=O)([O-])N[C@@H]4C(O)[C@H](n5cnc6c(N)ncnc65)O[C@@H]4COP(O)(=S)N[C@@H]3C2O)c(=O)[nH]1. The van der Waals surface area contributed by atoms with E-state index in [0.29, 0.717) is 0 Å². The summed E-state index contributed by atoms with van der Waals surface area (Å²) in [5.74, 6) is -0.140. The molecule has 0 amide bonds. The third-order valence-corrected chi connectivity index (χ3v) is 10.4. The van der Waals surface area contributed by atoms with Gasteiger partial charge in [-0.1, -0.05) is 0 Å². The number of hydrogen-bond donors (Lipinski definition) is 8. The lowest BCUT2D eigenvalue weighted by Gasteiger charge is -2.34. The predicted molar refractivity (Wildman–Crippen MR) is 152 cm³/mol. The van der Waals surface area contributed by atoms with Gasteiger partial charge >= 0.3 is 0 Å². The number of aromatic amines is 1. The normalized spacial score (nSPS) is 37.7. The van der Waals surface area contributed by atoms with E-state index in [1.54, 1.807) is 0 Å². The largest absolute Gasteiger partial charge is 0.766 e. The Morgan fingerprint density at radius 2 is 1.53 bits per heavy atom. The van der Waals surface area contributed by atoms with Crippen molar-refractivity contribution in [1.29, 1.82) is 0 Å². The van der Waals surface area contributed by atoms with Gasteiger partial charge in [0.2, 0.25) is 13.7 Å². The van der Waals surface area contributed by atoms with Gasteiger partial charge in [-0.25, -0.2) is 30.1 Å². The highest BCUT2D eigenvalue weighted by molar-refractivity contribution is 8.08. The molecule has 3 aliphatic heterocycles. The van der Waals surface area contributed by atoms with Crippen molar-refractivity contribution in [2.75, 3.05) is 24.7 Å². The molecule has 25 heteroatoms. The van der Waals surface area contributed by atoms with Gasteiger partial charge in [0.05, 0.1) is 38.0 Å². The molecule has 4 aromatic rings. The number of fused-ring (bicyclic) bond motifs is 4. The Kier molecular flexibility index (Phi) is 7.52. The summed E-state index contributed by atoms with van der Waals surface area (Å²) in [6.07, 6.45) is -4.38. The molecule has 45 heavy (non-hydrogen) atoms. The first kappa shape index (κ1) is 30.6. The van der Waals surface area contributed by atoms with Crippen LogP contribution in [0.15, 0.2) is 23.8 Å². The summed E-state index contributed by atoms with van der Waals surface area (Å²) >= 11 is 5.30. The van der Waals surface area contributed by atoms with Crippen molar-refractivity contribution in [2.45, 2.75) is 49.0 Å². The number of aliphatic hydroxyl groups excluding tert-OH is 2. The monoisotopic (exact) mass is 687 g/mol. The van der Waals surface area contributed by atoms with Crippen molar-refractivity contribution in [1.82, 2.24) is 49.2 Å². The van der Waals surface area contributed by atoms with Gasteiger partial charge in [0, 0.05) is 0 Å². The van der Waals surface area contributed by atoms with Crippen molar-refractivity contribution in [3.05, 3.63) is 29.3 Å². The number of hydrogen-bond acceptors (Lipinski definition) is 17. The summed E-state index contributed by atoms with van der Waals surface area (Å²) in [7, 11) is -4.97. The third-order valence-electron chi connectivity index (χ3n) is 7.58. The number of nitrogens with two attached hydrogens (primary N) is 2. The molecule has 3 aliphatic rings. The molecule has 3 saturated heterocycles. The topological polar surface area (TPSA) is 321 Å². The van der Waals surface area contributed by atoms with Crippen LogP contribution in [0.3, 0.4) is 0 Å². The van der Waals surface area contributed by atoms with Gasteiger partial charge in [0.15, 0.2) is 35.1 Å². The molecule has 0 spiro atoms. The van der Waals surface area contributed by atoms with Gasteiger partial charge in [-0.05, 0) is 11.8 Å². The second-order valence-electron chi connectivity index (χ2n) is 10.4. The zero-order chi connectivity index (χ0) is 31.8. The van der Waals surface area contributed by atoms with Gasteiger partial charge < -0.3 is 50.0 Å². The zero-order valence-electron chi connectivity index (χ0n) is 22.6. The molecule has 242 valence electrons. The lowest BCUT2D eigenvalue weighted by atomic mass is 10.1. The van der Waals surface area contributed by atoms with E-state index in [1.165, 1.54) is 28.1 Å². The fourth-order valence-corrected chi connectivity index (χ4v) is 8.29. The standard InChI is InChI=1S/C20H26N12O10P2S/c21-14-10-15(24-3-23-14)31(4-25-10)18-12(33)8-7(42-18)2-40-44(38,45)30-9-6(1-39-43(36,37)29-8)41-19(13(9)34)32-5-26-11-16(32)27-20(22)28-17(11)35/h3-9,12-13,18-19,33-34H,1-2H2,(H2,21,23,24)(H2,29,36,37)(H2,30,38,45)(H3,22,27,28,35)/p-1/t6-,7-,8+,9+,12?,13?,18-,19-,44?/m1/s1. The van der Waals surface area contributed by atoms with Crippen LogP contribution >= 0.6 is 14.4 Å². The van der Waals surface area contributed by atoms with Crippen molar-refractivity contribution >= 4 is 60.3 Å². The summed E-state index contributed by atoms with van der Waals surface area (Å²) in [5.41, 5.74) is 11.2. The van der Waals surface area contributed by atoms with Gasteiger partial charge in [-0.3, -0.25) is 23.5 Å². The first-order valence-electron chi connectivity index (χ1n) is 13.1. The predicted octanol–water partition coefficient (Wildman–Crippen LogP) is -3.71. The Morgan fingerprint density at radius 3 is 2.22 bits per heavy atom. The molecule has 10 atom stereocenters. The van der Waals surface area contributed by atoms with E-state index in [2.05, 4.69) is 40.1 Å². The Balaban J connectivity index is 1.17. The number of anilines is 2. The van der Waals surface area contributed by atoms with Crippen molar-refractivity contribution in [3.63, 3.8) is 0 Å². The maximum absolute atomic E-state index is 13.1. The minimum atomic E-state index is -4.97. The van der Waals surface area contributed by atoms with Crippen LogP contribution in [0, 0.1) is 0 Å². The molecule has 0 bridgehead atoms. The van der Waals surface area contributed by atoms with E-state index in [4.69, 9.17) is 41.8 Å². The van der Waals surface area contributed by atoms with Crippen LogP contribution in [0.2, 0.25) is 0 Å². The minimum absolute atomic E-state index is 0.0253. The maximum atomic E-state index is 13.1. The lowest BCUT2D eigenvalue weighted by Crippen LogP contribution is -2.49. The van der Waals surface area contributed by atoms with Crippen LogP contribution < -0.4 is 32.1 Å². The highest BCUT2D eigenvalue weighted by Gasteiger charge is 2.50. The lowest BCUT2D eigenvalue weighted by molar-refractivity contribution is -0.206. The molecule has 4 unspecified atom stereocenters. The van der Waals surface area contributed by atoms with Crippen LogP contribution in [0.5, 0.6) is 0 Å². The zero-order valence-corrected chi connectivity index (χ0v) is 25.2. The Labute approximate surface area is 255 Å². The molecule has 22 nitrogen and oxygen atoms in total. The summed E-state index contributed by atoms with van der Waals surface area (Å²) in [6.45, 7) is -5.15. The molecule has 7 rings (SSSR count). The van der Waals surface area contributed by atoms with E-state index in [-0.39, 0.29) is 34.1 Å². The number of rotatable bonds is 2. The number of nitrogens with one attached hydrogen (secondary N) is 3. The number of nitrogen functional groups attached to an aromatic ring is 2. The average molecular weight is 688 g/mol. The van der Waals surface area contributed by atoms with Gasteiger partial charge in [-0.2, -0.15) is 4.98 Å². The van der Waals surface area contributed by atoms with Crippen molar-refractivity contribution in [2.24, 2.45) is 0 Å². The first-order valence-corrected chi connectivity index (χ1v) is 17.3. The molecule has 0 aliphatic carbocycles. The van der Waals surface area contributed by atoms with Crippen LogP contribution in [-0.4, -0.2) is 104 Å². The van der Waals surface area contributed by atoms with Gasteiger partial charge in [-0.15, -0.1) is 0 Å². The summed E-state index contributed by atoms with van der Waals surface area (Å²) in [5, 5.41) is 27.4. The van der Waals surface area contributed by atoms with Crippen molar-refractivity contribution < 1.29 is 43.1 Å². The molecule has 7 heterocycles. The molecular weight excluding hydrogens is 662 g/mol. The molecule has 3 fully saturated rings. The fraction of sp³-hybridized carbons (Fsp3) is 0.500. The molecule has 10 N–H and O–H groups in total. The van der Waals surface area contributed by atoms with Gasteiger partial charge in [0.25, 0.3) is 12.2 Å². The van der Waals surface area contributed by atoms with Crippen LogP contribution in [0.25, 0.3) is 22.3 Å². The van der Waals surface area contributed by atoms with Crippen LogP contribution in [0.4, 0.5) is 11.8 Å². The third kappa shape index (κ3) is 5.44. The van der Waals surface area contributed by atoms with Crippen LogP contribution in [-0.2, 0) is 34.9 Å². The van der Waals surface area contributed by atoms with E-state index in [1.807, 2.05) is 0 Å². The molecule has 4 aromatic heterocycles. The summed E-state index contributed by atoms with van der Waals surface area (Å²) < 4.78 is 38.4. The number of H-pyrrole nitrogens is 1. The average Bonchev–Trinajstić information content (AvgIpc) is 3.72. The molecule has 0 aromatic carbocycles. The van der Waals surface area contributed by atoms with E-state index < -0.39 is 82.1 Å². The number of aromatic nitrogens is 8. The van der Waals surface area contributed by atoms with E-state index in [0.717, 1.165) is 0 Å². The summed E-state index contributed by atoms with van der Waals surface area (Å²) in [6, 6.07) is -2.60.